The molecule has 11 aliphatic rings. The Kier molecular flexibility index (Phi) is 28.5. The van der Waals surface area contributed by atoms with Gasteiger partial charge in [0.15, 0.2) is 43.7 Å². The molecule has 117 heavy (non-hydrogen) atoms. The fourth-order valence-corrected chi connectivity index (χ4v) is 24.6. The minimum atomic E-state index is -2.35. The van der Waals surface area contributed by atoms with E-state index in [2.05, 4.69) is 66.1 Å². The van der Waals surface area contributed by atoms with E-state index in [0.29, 0.717) is 69.9 Å². The van der Waals surface area contributed by atoms with Crippen molar-refractivity contribution >= 4 is 52.0 Å². The molecule has 5 aliphatic carbocycles. The maximum atomic E-state index is 16.1. The third-order valence-electron chi connectivity index (χ3n) is 28.5. The number of benzene rings is 1. The van der Waals surface area contributed by atoms with E-state index in [9.17, 15) is 106 Å². The maximum absolute atomic E-state index is 16.1. The molecule has 662 valence electrons. The summed E-state index contributed by atoms with van der Waals surface area (Å²) in [4.78, 5) is 77.4. The van der Waals surface area contributed by atoms with Crippen molar-refractivity contribution in [3.05, 3.63) is 41.5 Å². The van der Waals surface area contributed by atoms with Crippen LogP contribution in [0.1, 0.15) is 142 Å². The Morgan fingerprint density at radius 2 is 1.16 bits per heavy atom. The van der Waals surface area contributed by atoms with Gasteiger partial charge >= 0.3 is 133 Å². The number of fused-ring (bicyclic) bond motifs is 7. The van der Waals surface area contributed by atoms with E-state index in [1.165, 1.54) is 10.5 Å². The fourth-order valence-electron chi connectivity index (χ4n) is 21.3. The van der Waals surface area contributed by atoms with Crippen LogP contribution in [-0.4, -0.2) is 352 Å². The summed E-state index contributed by atoms with van der Waals surface area (Å²) in [5.74, 6) is -5.04. The van der Waals surface area contributed by atoms with Gasteiger partial charge in [0.2, 0.25) is 6.29 Å². The molecule has 0 radical (unpaired) electrons. The molecule has 0 spiro atoms. The van der Waals surface area contributed by atoms with Gasteiger partial charge in [0.05, 0.1) is 56.2 Å². The number of amides is 2. The van der Waals surface area contributed by atoms with E-state index in [1.807, 2.05) is 24.3 Å². The molecule has 19 N–H and O–H groups in total. The Labute approximate surface area is 682 Å². The van der Waals surface area contributed by atoms with Gasteiger partial charge in [0, 0.05) is 0 Å². The Hall–Kier alpha value is -3.77. The summed E-state index contributed by atoms with van der Waals surface area (Å²) in [6.07, 6.45) is -45.9. The molecule has 0 bridgehead atoms. The number of carboxylic acid groups (broad SMARTS) is 1. The van der Waals surface area contributed by atoms with Gasteiger partial charge in [-0.1, -0.05) is 53.2 Å². The van der Waals surface area contributed by atoms with E-state index in [-0.39, 0.29) is 37.5 Å². The van der Waals surface area contributed by atoms with Crippen molar-refractivity contribution in [2.75, 3.05) is 33.0 Å². The Morgan fingerprint density at radius 3 is 1.78 bits per heavy atom. The SMILES string of the molecule is C[C@@H]1O[C@@H](O[C@H]2[C@H](OC(=O)[C@]34CCC(C)(C)C[C@H]3C3=CC[C@@H]5[C@@]6(C)CC[C@H](O[C@@H]7O[C@H](C(=O)O)[C@@H](O)[C@H](O[C@@H]8OC[C@@H](O)[C@H](O)[C@H]8O)[C@H]7O[C@@H]7O[C@H](CO)[C@H](O)[C@H](O)[C@H]7O)[C@@](C)(C=O)[C@@H]6CC[C@@]5(C)[C@]3(C)C[C@H]4O)O[C@H](CO)[C@H](NC(=O)CCCCCNC(=O)c3cc[c]([Sn]([CH3])([CH3])[CH3])cc3)[C@@H]2O)[C@H](O)[C@H](O)[C@H]1O[C@@H]1OC[C@@H](O)[C@H](O)[C@H]1O. The number of aliphatic carboxylic acids is 1. The second-order valence-electron chi connectivity index (χ2n) is 37.3. The number of aliphatic hydroxyl groups excluding tert-OH is 16. The number of carboxylic acids is 1. The number of hydrogen-bond donors (Lipinski definition) is 19. The third kappa shape index (κ3) is 17.5. The van der Waals surface area contributed by atoms with E-state index >= 15 is 4.79 Å². The molecule has 1 aromatic rings. The molecule has 0 aromatic heterocycles. The van der Waals surface area contributed by atoms with Crippen LogP contribution in [0.15, 0.2) is 35.9 Å². The third-order valence-corrected chi connectivity index (χ3v) is 34.4. The smallest absolute Gasteiger partial charge is 0.186 e. The van der Waals surface area contributed by atoms with Crippen LogP contribution in [0.5, 0.6) is 0 Å². The molecule has 2 amide bonds. The van der Waals surface area contributed by atoms with Gasteiger partial charge in [-0.25, -0.2) is 4.79 Å². The Balaban J connectivity index is 0.795. The second-order valence-corrected chi connectivity index (χ2v) is 51.8. The summed E-state index contributed by atoms with van der Waals surface area (Å²) in [6.45, 7) is 11.1. The average molecular weight is 1780 g/mol. The predicted molar refractivity (Wildman–Crippen MR) is 403 cm³/mol. The van der Waals surface area contributed by atoms with Crippen LogP contribution < -0.4 is 14.2 Å². The zero-order valence-corrected chi connectivity index (χ0v) is 70.6. The normalized spacial score (nSPS) is 47.3. The summed E-state index contributed by atoms with van der Waals surface area (Å²) in [6, 6.07) is 6.14. The van der Waals surface area contributed by atoms with Gasteiger partial charge in [0.25, 0.3) is 0 Å². The van der Waals surface area contributed by atoms with Crippen molar-refractivity contribution < 1.29 is 168 Å². The van der Waals surface area contributed by atoms with Crippen molar-refractivity contribution in [2.45, 2.75) is 331 Å². The van der Waals surface area contributed by atoms with Crippen molar-refractivity contribution in [1.29, 1.82) is 0 Å². The van der Waals surface area contributed by atoms with Crippen LogP contribution in [0.25, 0.3) is 0 Å². The van der Waals surface area contributed by atoms with Crippen molar-refractivity contribution in [3.8, 4) is 0 Å². The number of ether oxygens (including phenoxy) is 12. The van der Waals surface area contributed by atoms with Gasteiger partial charge in [0.1, 0.15) is 122 Å². The van der Waals surface area contributed by atoms with Crippen LogP contribution >= 0.6 is 0 Å². The number of carbonyl (C=O) groups excluding carboxylic acids is 4. The van der Waals surface area contributed by atoms with Gasteiger partial charge in [-0.15, -0.1) is 0 Å². The van der Waals surface area contributed by atoms with Gasteiger partial charge in [-0.05, 0) is 104 Å². The van der Waals surface area contributed by atoms with Crippen molar-refractivity contribution in [1.82, 2.24) is 10.6 Å². The molecule has 37 heteroatoms. The first-order valence-electron chi connectivity index (χ1n) is 41.1. The molecular weight excluding hydrogens is 1650 g/mol. The number of esters is 1. The first-order chi connectivity index (χ1) is 54.9. The van der Waals surface area contributed by atoms with Crippen LogP contribution in [0, 0.1) is 50.2 Å². The monoisotopic (exact) mass is 1780 g/mol. The molecule has 12 rings (SSSR count). The van der Waals surface area contributed by atoms with Gasteiger partial charge in [-0.2, -0.15) is 0 Å². The molecule has 10 fully saturated rings. The maximum Gasteiger partial charge on any atom is 0.186 e. The number of unbranched alkanes of at least 4 members (excludes halogenated alkanes) is 2. The average Bonchev–Trinajstić information content (AvgIpc) is 0.670. The zero-order chi connectivity index (χ0) is 85.5. The van der Waals surface area contributed by atoms with E-state index < -0.39 is 291 Å². The molecule has 6 aliphatic heterocycles. The van der Waals surface area contributed by atoms with Crippen LogP contribution in [-0.2, 0) is 76.0 Å². The Morgan fingerprint density at radius 1 is 0.573 bits per heavy atom. The van der Waals surface area contributed by atoms with E-state index in [0.717, 1.165) is 11.9 Å². The van der Waals surface area contributed by atoms with Gasteiger partial charge in [-0.3, -0.25) is 9.59 Å². The van der Waals surface area contributed by atoms with Gasteiger partial charge < -0.3 is 154 Å². The number of allylic oxidation sites excluding steroid dienone is 2. The predicted octanol–water partition coefficient (Wildman–Crippen LogP) is -3.18. The zero-order valence-electron chi connectivity index (χ0n) is 67.8. The van der Waals surface area contributed by atoms with Crippen LogP contribution in [0.4, 0.5) is 0 Å². The number of rotatable bonds is 25. The molecule has 38 atom stereocenters. The number of aldehydes is 1. The number of hydrogen-bond acceptors (Lipinski definition) is 33. The Bertz CT molecular complexity index is 3650. The van der Waals surface area contributed by atoms with E-state index in [1.54, 1.807) is 6.92 Å². The molecule has 36 nitrogen and oxygen atoms in total. The summed E-state index contributed by atoms with van der Waals surface area (Å²) in [7, 11) is 0. The van der Waals surface area contributed by atoms with Crippen molar-refractivity contribution in [2.24, 2.45) is 50.2 Å². The van der Waals surface area contributed by atoms with Crippen molar-refractivity contribution in [3.63, 3.8) is 0 Å². The molecule has 6 saturated heterocycles. The molecular formula is C80H124N2O34Sn. The molecule has 0 unspecified atom stereocenters. The largest absolute Gasteiger partial charge is 0.388 e. The first-order valence-corrected chi connectivity index (χ1v) is 51.1. The topological polar surface area (TPSA) is 564 Å². The minimum Gasteiger partial charge on any atom is -0.388 e. The first kappa shape index (κ1) is 92.4. The summed E-state index contributed by atoms with van der Waals surface area (Å²) >= 11 is -2.35. The molecule has 4 saturated carbocycles. The number of aliphatic hydroxyl groups is 16. The molecule has 1 aromatic carbocycles. The van der Waals surface area contributed by atoms with E-state index in [4.69, 9.17) is 56.8 Å². The second kappa shape index (κ2) is 36.1. The quantitative estimate of drug-likeness (QED) is 0.0115. The van der Waals surface area contributed by atoms with Crippen LogP contribution in [0.2, 0.25) is 14.8 Å². The minimum absolute atomic E-state index is 0.0000477. The summed E-state index contributed by atoms with van der Waals surface area (Å²) in [5.41, 5.74) is -4.58. The summed E-state index contributed by atoms with van der Waals surface area (Å²) < 4.78 is 74.5. The number of carbonyl (C=O) groups is 5. The van der Waals surface area contributed by atoms with Crippen LogP contribution in [0.3, 0.4) is 0 Å². The summed E-state index contributed by atoms with van der Waals surface area (Å²) in [5, 5.41) is 195. The fraction of sp³-hybridized carbons (Fsp3) is 0.838. The molecule has 6 heterocycles. The standard InChI is InChI=1S/C77H115N2O34.3CH3.Sn/c1-33-58(108-65-53(93)47(87)37(83)30-102-65)52(92)56(96)67(104-33)111-61-50(90)46(79-45(86)16-12-9-13-25-78-63(98)34-14-10-8-11-15-34)39(28-80)105-69(61)113-71(101)77-24-23-72(2,3)26-36(77)35-17-18-42-73(4)21-20-44(74(5,32-82)41(73)19-22-75(42,6)76(35,7)27-43(77)85)107-70-62(112-68-55(95)51(91)49(89)40(29-81)106-68)59(57(97)60(110-70)64(99)100)109-66-54(94)48(88)38(84)31-103-66;;;;/h10-11,14-15,17,32-33,36-44,46-62,65-70,80-81,83-85,87-97H,9,12-13,16,18-31H2,1-7H3,(H,78,98)(H,79,86)(H,99,100);3*1H3;/t33-,36-,37+,38+,39+,40+,41+,42+,43+,44-,46-,47-,48-,49-,50-,51-,52-,53+,54+,55+,56+,57-,58-,59-,60-,61+,62+,65-,66-,67-,68-,69-,70+,73-,74-,75+,76+,77+;;;;/m0..../s1. The number of nitrogens with one attached hydrogen (secondary N) is 2.